The summed E-state index contributed by atoms with van der Waals surface area (Å²) in [5, 5.41) is 8.97. The normalized spacial score (nSPS) is 20.0. The summed E-state index contributed by atoms with van der Waals surface area (Å²) in [7, 11) is 0. The number of benzene rings is 1. The first-order valence-electron chi connectivity index (χ1n) is 5.66. The molecule has 0 saturated carbocycles. The first-order valence-corrected chi connectivity index (χ1v) is 5.66. The summed E-state index contributed by atoms with van der Waals surface area (Å²) in [5.41, 5.74) is 0.592. The van der Waals surface area contributed by atoms with Crippen molar-refractivity contribution in [3.63, 3.8) is 0 Å². The molecule has 1 radical (unpaired) electrons. The van der Waals surface area contributed by atoms with E-state index in [0.29, 0.717) is 25.1 Å². The molecule has 4 heteroatoms. The van der Waals surface area contributed by atoms with Crippen LogP contribution in [-0.4, -0.2) is 35.0 Å². The van der Waals surface area contributed by atoms with Gasteiger partial charge >= 0.3 is 5.97 Å². The number of nitrogens with zero attached hydrogens (tertiary/aromatic N) is 1. The molecule has 1 amide bonds. The molecule has 0 aromatic heterocycles. The first kappa shape index (κ1) is 11.6. The third kappa shape index (κ3) is 2.64. The second kappa shape index (κ2) is 4.99. The zero-order valence-corrected chi connectivity index (χ0v) is 9.43. The zero-order valence-electron chi connectivity index (χ0n) is 9.43. The van der Waals surface area contributed by atoms with E-state index in [1.165, 1.54) is 0 Å². The van der Waals surface area contributed by atoms with Crippen molar-refractivity contribution in [2.75, 3.05) is 13.1 Å². The summed E-state index contributed by atoms with van der Waals surface area (Å²) in [6.07, 6.45) is 1.41. The first-order chi connectivity index (χ1) is 8.18. The van der Waals surface area contributed by atoms with E-state index in [9.17, 15) is 9.59 Å². The highest BCUT2D eigenvalue weighted by Crippen LogP contribution is 2.18. The minimum atomic E-state index is -0.816. The Morgan fingerprint density at radius 1 is 1.35 bits per heavy atom. The number of carboxylic acid groups (broad SMARTS) is 1. The monoisotopic (exact) mass is 232 g/mol. The predicted molar refractivity (Wildman–Crippen MR) is 61.5 cm³/mol. The van der Waals surface area contributed by atoms with E-state index in [1.807, 2.05) is 0 Å². The molecule has 1 aromatic rings. The third-order valence-electron chi connectivity index (χ3n) is 3.02. The molecular weight excluding hydrogens is 218 g/mol. The molecule has 4 nitrogen and oxygen atoms in total. The SMILES string of the molecule is O=C(O)C1CCCN(C(=O)c2cc[c]cc2)C1. The van der Waals surface area contributed by atoms with Gasteiger partial charge in [-0.2, -0.15) is 0 Å². The number of hydrogen-bond acceptors (Lipinski definition) is 2. The van der Waals surface area contributed by atoms with Gasteiger partial charge in [-0.1, -0.05) is 12.1 Å². The van der Waals surface area contributed by atoms with Crippen molar-refractivity contribution in [1.82, 2.24) is 4.90 Å². The topological polar surface area (TPSA) is 57.6 Å². The second-order valence-electron chi connectivity index (χ2n) is 4.22. The van der Waals surface area contributed by atoms with Crippen LogP contribution in [0.25, 0.3) is 0 Å². The largest absolute Gasteiger partial charge is 0.481 e. The molecule has 89 valence electrons. The highest BCUT2D eigenvalue weighted by Gasteiger charge is 2.28. The van der Waals surface area contributed by atoms with Crippen LogP contribution < -0.4 is 0 Å². The lowest BCUT2D eigenvalue weighted by atomic mass is 9.97. The van der Waals surface area contributed by atoms with E-state index in [-0.39, 0.29) is 5.91 Å². The molecule has 1 saturated heterocycles. The molecule has 2 rings (SSSR count). The predicted octanol–water partition coefficient (Wildman–Crippen LogP) is 1.42. The maximum Gasteiger partial charge on any atom is 0.308 e. The fourth-order valence-corrected chi connectivity index (χ4v) is 2.08. The van der Waals surface area contributed by atoms with Gasteiger partial charge < -0.3 is 10.0 Å². The number of carbonyl (C=O) groups is 2. The molecule has 1 aliphatic heterocycles. The quantitative estimate of drug-likeness (QED) is 0.839. The Labute approximate surface area is 99.9 Å². The Bertz CT molecular complexity index is 416. The molecule has 0 aliphatic carbocycles. The smallest absolute Gasteiger partial charge is 0.308 e. The molecule has 17 heavy (non-hydrogen) atoms. The van der Waals surface area contributed by atoms with Crippen LogP contribution in [0.15, 0.2) is 24.3 Å². The lowest BCUT2D eigenvalue weighted by molar-refractivity contribution is -0.143. The Balaban J connectivity index is 2.07. The highest BCUT2D eigenvalue weighted by atomic mass is 16.4. The minimum Gasteiger partial charge on any atom is -0.481 e. The number of rotatable bonds is 2. The summed E-state index contributed by atoms with van der Waals surface area (Å²) in [6.45, 7) is 0.952. The molecule has 1 heterocycles. The Hall–Kier alpha value is -1.84. The van der Waals surface area contributed by atoms with Crippen molar-refractivity contribution in [1.29, 1.82) is 0 Å². The van der Waals surface area contributed by atoms with Gasteiger partial charge in [0.05, 0.1) is 5.92 Å². The number of aliphatic carboxylic acids is 1. The van der Waals surface area contributed by atoms with Crippen molar-refractivity contribution < 1.29 is 14.7 Å². The summed E-state index contributed by atoms with van der Waals surface area (Å²) in [5.74, 6) is -1.34. The number of amides is 1. The van der Waals surface area contributed by atoms with Crippen molar-refractivity contribution in [3.8, 4) is 0 Å². The van der Waals surface area contributed by atoms with Crippen molar-refractivity contribution in [3.05, 3.63) is 35.9 Å². The van der Waals surface area contributed by atoms with Gasteiger partial charge in [0, 0.05) is 18.7 Å². The van der Waals surface area contributed by atoms with E-state index in [2.05, 4.69) is 6.07 Å². The Morgan fingerprint density at radius 3 is 2.71 bits per heavy atom. The van der Waals surface area contributed by atoms with Gasteiger partial charge in [0.1, 0.15) is 0 Å². The van der Waals surface area contributed by atoms with Crippen LogP contribution in [0.4, 0.5) is 0 Å². The number of likely N-dealkylation sites (tertiary alicyclic amines) is 1. The lowest BCUT2D eigenvalue weighted by Gasteiger charge is -2.30. The summed E-state index contributed by atoms with van der Waals surface area (Å²) in [4.78, 5) is 24.6. The van der Waals surface area contributed by atoms with E-state index >= 15 is 0 Å². The number of carbonyl (C=O) groups excluding carboxylic acids is 1. The maximum absolute atomic E-state index is 12.1. The lowest BCUT2D eigenvalue weighted by Crippen LogP contribution is -2.42. The van der Waals surface area contributed by atoms with E-state index in [1.54, 1.807) is 29.2 Å². The van der Waals surface area contributed by atoms with Gasteiger partial charge in [0.25, 0.3) is 5.91 Å². The average Bonchev–Trinajstić information content (AvgIpc) is 2.39. The van der Waals surface area contributed by atoms with E-state index in [4.69, 9.17) is 5.11 Å². The zero-order chi connectivity index (χ0) is 12.3. The molecule has 1 fully saturated rings. The molecule has 1 aromatic carbocycles. The van der Waals surface area contributed by atoms with Crippen LogP contribution in [0.5, 0.6) is 0 Å². The number of hydrogen-bond donors (Lipinski definition) is 1. The van der Waals surface area contributed by atoms with E-state index < -0.39 is 11.9 Å². The molecular formula is C13H14NO3. The Morgan fingerprint density at radius 2 is 2.06 bits per heavy atom. The van der Waals surface area contributed by atoms with Crippen LogP contribution in [0.2, 0.25) is 0 Å². The average molecular weight is 232 g/mol. The summed E-state index contributed by atoms with van der Waals surface area (Å²) < 4.78 is 0. The molecule has 1 N–H and O–H groups in total. The van der Waals surface area contributed by atoms with Crippen LogP contribution in [0.3, 0.4) is 0 Å². The third-order valence-corrected chi connectivity index (χ3v) is 3.02. The molecule has 1 atom stereocenters. The second-order valence-corrected chi connectivity index (χ2v) is 4.22. The highest BCUT2D eigenvalue weighted by molar-refractivity contribution is 5.94. The van der Waals surface area contributed by atoms with Gasteiger partial charge in [-0.15, -0.1) is 0 Å². The van der Waals surface area contributed by atoms with Crippen molar-refractivity contribution in [2.45, 2.75) is 12.8 Å². The van der Waals surface area contributed by atoms with Crippen molar-refractivity contribution in [2.24, 2.45) is 5.92 Å². The van der Waals surface area contributed by atoms with Gasteiger partial charge in [-0.05, 0) is 31.0 Å². The summed E-state index contributed by atoms with van der Waals surface area (Å²) in [6, 6.07) is 9.63. The molecule has 1 aliphatic rings. The fourth-order valence-electron chi connectivity index (χ4n) is 2.08. The van der Waals surface area contributed by atoms with E-state index in [0.717, 1.165) is 6.42 Å². The minimum absolute atomic E-state index is 0.0926. The molecule has 1 unspecified atom stereocenters. The van der Waals surface area contributed by atoms with Crippen LogP contribution in [-0.2, 0) is 4.79 Å². The molecule has 0 spiro atoms. The van der Waals surface area contributed by atoms with Crippen LogP contribution in [0.1, 0.15) is 23.2 Å². The van der Waals surface area contributed by atoms with Gasteiger partial charge in [-0.3, -0.25) is 9.59 Å². The van der Waals surface area contributed by atoms with Gasteiger partial charge in [-0.25, -0.2) is 0 Å². The standard InChI is InChI=1S/C13H14NO3/c15-12(10-5-2-1-3-6-10)14-8-4-7-11(9-14)13(16)17/h2-3,5-6,11H,4,7-9H2,(H,16,17). The number of piperidine rings is 1. The number of carboxylic acids is 1. The Kier molecular flexibility index (Phi) is 3.42. The van der Waals surface area contributed by atoms with Gasteiger partial charge in [0.15, 0.2) is 0 Å². The maximum atomic E-state index is 12.1. The van der Waals surface area contributed by atoms with Crippen LogP contribution >= 0.6 is 0 Å². The summed E-state index contributed by atoms with van der Waals surface area (Å²) >= 11 is 0. The molecule has 0 bridgehead atoms. The van der Waals surface area contributed by atoms with Gasteiger partial charge in [0.2, 0.25) is 0 Å². The van der Waals surface area contributed by atoms with Crippen LogP contribution in [0, 0.1) is 12.0 Å². The fraction of sp³-hybridized carbons (Fsp3) is 0.385. The van der Waals surface area contributed by atoms with Crippen molar-refractivity contribution >= 4 is 11.9 Å².